The van der Waals surface area contributed by atoms with Crippen LogP contribution in [0.3, 0.4) is 0 Å². The summed E-state index contributed by atoms with van der Waals surface area (Å²) in [5, 5.41) is 13.4. The Morgan fingerprint density at radius 1 is 1.19 bits per heavy atom. The molecule has 0 N–H and O–H groups in total. The van der Waals surface area contributed by atoms with E-state index in [0.717, 1.165) is 22.6 Å². The molecule has 0 unspecified atom stereocenters. The lowest BCUT2D eigenvalue weighted by molar-refractivity contribution is 0.104. The molecule has 0 aliphatic carbocycles. The quantitative estimate of drug-likeness (QED) is 0.520. The summed E-state index contributed by atoms with van der Waals surface area (Å²) < 4.78 is 14.8. The number of aromatic nitrogens is 2. The van der Waals surface area contributed by atoms with Gasteiger partial charge in [-0.1, -0.05) is 12.1 Å². The van der Waals surface area contributed by atoms with E-state index in [9.17, 15) is 9.18 Å². The molecule has 0 bridgehead atoms. The molecule has 0 aliphatic heterocycles. The highest BCUT2D eigenvalue weighted by molar-refractivity contribution is 6.07. The van der Waals surface area contributed by atoms with Gasteiger partial charge in [0.05, 0.1) is 23.0 Å². The number of halogens is 1. The zero-order valence-corrected chi connectivity index (χ0v) is 14.4. The first kappa shape index (κ1) is 17.3. The summed E-state index contributed by atoms with van der Waals surface area (Å²) in [5.41, 5.74) is 4.10. The minimum absolute atomic E-state index is 0.185. The topological polar surface area (TPSA) is 58.7 Å². The van der Waals surface area contributed by atoms with Crippen LogP contribution in [0.1, 0.15) is 32.9 Å². The van der Waals surface area contributed by atoms with Gasteiger partial charge >= 0.3 is 0 Å². The summed E-state index contributed by atoms with van der Waals surface area (Å²) in [4.78, 5) is 12.4. The van der Waals surface area contributed by atoms with Crippen LogP contribution in [0.15, 0.2) is 54.6 Å². The van der Waals surface area contributed by atoms with Gasteiger partial charge in [0, 0.05) is 16.8 Å². The van der Waals surface area contributed by atoms with Crippen LogP contribution in [0.25, 0.3) is 11.8 Å². The molecule has 0 amide bonds. The number of hydrogen-bond acceptors (Lipinski definition) is 3. The Balaban J connectivity index is 1.90. The van der Waals surface area contributed by atoms with Crippen LogP contribution in [0.5, 0.6) is 0 Å². The number of carbonyl (C=O) groups excluding carboxylic acids is 1. The van der Waals surface area contributed by atoms with Gasteiger partial charge in [0.1, 0.15) is 5.82 Å². The van der Waals surface area contributed by atoms with E-state index in [1.807, 2.05) is 19.9 Å². The van der Waals surface area contributed by atoms with E-state index in [1.54, 1.807) is 47.2 Å². The monoisotopic (exact) mass is 345 g/mol. The summed E-state index contributed by atoms with van der Waals surface area (Å²) in [6, 6.07) is 14.7. The average molecular weight is 345 g/mol. The summed E-state index contributed by atoms with van der Waals surface area (Å²) >= 11 is 0. The number of hydrogen-bond donors (Lipinski definition) is 0. The first-order valence-electron chi connectivity index (χ1n) is 8.04. The van der Waals surface area contributed by atoms with Gasteiger partial charge in [-0.25, -0.2) is 9.07 Å². The Morgan fingerprint density at radius 2 is 1.92 bits per heavy atom. The smallest absolute Gasteiger partial charge is 0.185 e. The van der Waals surface area contributed by atoms with Crippen molar-refractivity contribution in [2.45, 2.75) is 13.8 Å². The molecule has 3 rings (SSSR count). The summed E-state index contributed by atoms with van der Waals surface area (Å²) in [5.74, 6) is -0.490. The van der Waals surface area contributed by atoms with Crippen molar-refractivity contribution in [3.8, 4) is 11.8 Å². The van der Waals surface area contributed by atoms with Gasteiger partial charge in [0.2, 0.25) is 0 Å². The third-order valence-corrected chi connectivity index (χ3v) is 4.10. The predicted octanol–water partition coefficient (Wildman–Crippen LogP) is 4.40. The first-order valence-corrected chi connectivity index (χ1v) is 8.04. The van der Waals surface area contributed by atoms with Gasteiger partial charge in [-0.05, 0) is 62.4 Å². The minimum atomic E-state index is -0.305. The van der Waals surface area contributed by atoms with Gasteiger partial charge in [-0.3, -0.25) is 4.79 Å². The van der Waals surface area contributed by atoms with Crippen molar-refractivity contribution in [2.75, 3.05) is 0 Å². The SMILES string of the molecule is Cc1nn(-c2ccc(F)cc2)c(C)c1/C=C/C(=O)c1cccc(C#N)c1. The number of nitriles is 1. The lowest BCUT2D eigenvalue weighted by Gasteiger charge is -2.04. The minimum Gasteiger partial charge on any atom is -0.289 e. The zero-order valence-electron chi connectivity index (χ0n) is 14.4. The number of ketones is 1. The van der Waals surface area contributed by atoms with Crippen LogP contribution in [-0.4, -0.2) is 15.6 Å². The molecule has 4 nitrogen and oxygen atoms in total. The molecule has 0 saturated carbocycles. The van der Waals surface area contributed by atoms with Crippen LogP contribution >= 0.6 is 0 Å². The van der Waals surface area contributed by atoms with Crippen molar-refractivity contribution in [3.05, 3.63) is 88.5 Å². The molecule has 2 aromatic carbocycles. The molecular weight excluding hydrogens is 329 g/mol. The molecule has 1 heterocycles. The van der Waals surface area contributed by atoms with Crippen LogP contribution in [0.2, 0.25) is 0 Å². The first-order chi connectivity index (χ1) is 12.5. The standard InChI is InChI=1S/C21H16FN3O/c1-14-20(10-11-21(26)17-5-3-4-16(12-17)13-23)15(2)25(24-14)19-8-6-18(22)7-9-19/h3-12H,1-2H3/b11-10+. The van der Waals surface area contributed by atoms with Gasteiger partial charge in [0.15, 0.2) is 5.78 Å². The number of allylic oxidation sites excluding steroid dienone is 1. The molecule has 1 aromatic heterocycles. The second-order valence-electron chi connectivity index (χ2n) is 5.86. The molecule has 0 aliphatic rings. The number of rotatable bonds is 4. The lowest BCUT2D eigenvalue weighted by atomic mass is 10.1. The van der Waals surface area contributed by atoms with Gasteiger partial charge < -0.3 is 0 Å². The van der Waals surface area contributed by atoms with Crippen LogP contribution in [0, 0.1) is 31.0 Å². The number of benzene rings is 2. The fraction of sp³-hybridized carbons (Fsp3) is 0.0952. The molecule has 0 fully saturated rings. The number of nitrogens with zero attached hydrogens (tertiary/aromatic N) is 3. The molecule has 0 radical (unpaired) electrons. The second kappa shape index (κ2) is 7.16. The predicted molar refractivity (Wildman–Crippen MR) is 97.5 cm³/mol. The Labute approximate surface area is 150 Å². The van der Waals surface area contributed by atoms with E-state index in [2.05, 4.69) is 5.10 Å². The van der Waals surface area contributed by atoms with Crippen molar-refractivity contribution < 1.29 is 9.18 Å². The Morgan fingerprint density at radius 3 is 2.62 bits per heavy atom. The normalized spacial score (nSPS) is 10.8. The maximum atomic E-state index is 13.1. The lowest BCUT2D eigenvalue weighted by Crippen LogP contribution is -1.99. The third-order valence-electron chi connectivity index (χ3n) is 4.10. The largest absolute Gasteiger partial charge is 0.289 e. The second-order valence-corrected chi connectivity index (χ2v) is 5.86. The third kappa shape index (κ3) is 3.45. The Hall–Kier alpha value is -3.52. The Bertz CT molecular complexity index is 1040. The molecule has 0 atom stereocenters. The van der Waals surface area contributed by atoms with E-state index in [-0.39, 0.29) is 11.6 Å². The molecule has 26 heavy (non-hydrogen) atoms. The van der Waals surface area contributed by atoms with Gasteiger partial charge in [-0.15, -0.1) is 0 Å². The molecule has 128 valence electrons. The summed E-state index contributed by atoms with van der Waals surface area (Å²) in [6.45, 7) is 3.75. The highest BCUT2D eigenvalue weighted by Gasteiger charge is 2.11. The highest BCUT2D eigenvalue weighted by Crippen LogP contribution is 2.20. The molecule has 0 saturated heterocycles. The van der Waals surface area contributed by atoms with E-state index in [0.29, 0.717) is 11.1 Å². The average Bonchev–Trinajstić information content (AvgIpc) is 2.94. The van der Waals surface area contributed by atoms with Crippen LogP contribution < -0.4 is 0 Å². The van der Waals surface area contributed by atoms with E-state index in [1.165, 1.54) is 18.2 Å². The van der Waals surface area contributed by atoms with E-state index >= 15 is 0 Å². The molecule has 3 aromatic rings. The molecule has 5 heteroatoms. The summed E-state index contributed by atoms with van der Waals surface area (Å²) in [6.07, 6.45) is 3.20. The van der Waals surface area contributed by atoms with Crippen molar-refractivity contribution in [2.24, 2.45) is 0 Å². The van der Waals surface area contributed by atoms with Crippen molar-refractivity contribution in [3.63, 3.8) is 0 Å². The molecular formula is C21H16FN3O. The van der Waals surface area contributed by atoms with E-state index in [4.69, 9.17) is 5.26 Å². The maximum Gasteiger partial charge on any atom is 0.185 e. The fourth-order valence-corrected chi connectivity index (χ4v) is 2.73. The van der Waals surface area contributed by atoms with Crippen LogP contribution in [0.4, 0.5) is 4.39 Å². The molecule has 0 spiro atoms. The highest BCUT2D eigenvalue weighted by atomic mass is 19.1. The Kier molecular flexibility index (Phi) is 4.76. The van der Waals surface area contributed by atoms with Crippen LogP contribution in [-0.2, 0) is 0 Å². The van der Waals surface area contributed by atoms with E-state index < -0.39 is 0 Å². The van der Waals surface area contributed by atoms with Crippen molar-refractivity contribution >= 4 is 11.9 Å². The maximum absolute atomic E-state index is 13.1. The number of aryl methyl sites for hydroxylation is 1. The zero-order chi connectivity index (χ0) is 18.7. The number of carbonyl (C=O) groups is 1. The van der Waals surface area contributed by atoms with Crippen molar-refractivity contribution in [1.82, 2.24) is 9.78 Å². The fourth-order valence-electron chi connectivity index (χ4n) is 2.73. The summed E-state index contributed by atoms with van der Waals surface area (Å²) in [7, 11) is 0. The van der Waals surface area contributed by atoms with Gasteiger partial charge in [0.25, 0.3) is 0 Å². The van der Waals surface area contributed by atoms with Gasteiger partial charge in [-0.2, -0.15) is 10.4 Å². The van der Waals surface area contributed by atoms with Crippen molar-refractivity contribution in [1.29, 1.82) is 5.26 Å².